The van der Waals surface area contributed by atoms with Gasteiger partial charge in [0.2, 0.25) is 0 Å². The molecule has 0 spiro atoms. The molecule has 0 aliphatic heterocycles. The van der Waals surface area contributed by atoms with Gasteiger partial charge >= 0.3 is 0 Å². The number of pyridine rings is 1. The molecule has 0 unspecified atom stereocenters. The van der Waals surface area contributed by atoms with E-state index < -0.39 is 0 Å². The van der Waals surface area contributed by atoms with Gasteiger partial charge in [-0.1, -0.05) is 59.7 Å². The second kappa shape index (κ2) is 12.5. The van der Waals surface area contributed by atoms with Crippen LogP contribution in [0.2, 0.25) is 0 Å². The molecule has 40 heavy (non-hydrogen) atoms. The SMILES string of the molecule is CCC(C)(C)c1ccc(OCCCCNC(=O)c2cc(-c3cccs3)nc3ccc(F)cc23)c(C(C)(C)CC)c1. The van der Waals surface area contributed by atoms with Crippen LogP contribution in [-0.4, -0.2) is 24.0 Å². The molecule has 4 rings (SSSR count). The van der Waals surface area contributed by atoms with Crippen LogP contribution in [0, 0.1) is 5.82 Å². The maximum atomic E-state index is 14.0. The summed E-state index contributed by atoms with van der Waals surface area (Å²) in [5.74, 6) is 0.331. The number of nitrogens with one attached hydrogen (secondary N) is 1. The fourth-order valence-corrected chi connectivity index (χ4v) is 5.33. The number of aromatic nitrogens is 1. The normalized spacial score (nSPS) is 12.1. The Morgan fingerprint density at radius 2 is 1.75 bits per heavy atom. The number of carbonyl (C=O) groups is 1. The van der Waals surface area contributed by atoms with Gasteiger partial charge in [-0.3, -0.25) is 4.79 Å². The summed E-state index contributed by atoms with van der Waals surface area (Å²) in [5.41, 5.74) is 4.47. The smallest absolute Gasteiger partial charge is 0.252 e. The highest BCUT2D eigenvalue weighted by Crippen LogP contribution is 2.38. The molecule has 0 aliphatic carbocycles. The molecule has 1 N–H and O–H groups in total. The Kier molecular flexibility index (Phi) is 9.29. The molecule has 0 aliphatic rings. The first-order valence-electron chi connectivity index (χ1n) is 14.3. The third kappa shape index (κ3) is 6.72. The van der Waals surface area contributed by atoms with Crippen molar-refractivity contribution in [3.63, 3.8) is 0 Å². The van der Waals surface area contributed by atoms with E-state index in [1.807, 2.05) is 17.5 Å². The minimum Gasteiger partial charge on any atom is -0.493 e. The van der Waals surface area contributed by atoms with E-state index in [4.69, 9.17) is 4.74 Å². The minimum absolute atomic E-state index is 0.0118. The van der Waals surface area contributed by atoms with Gasteiger partial charge in [0.05, 0.1) is 28.3 Å². The average Bonchev–Trinajstić information content (AvgIpc) is 3.49. The molecule has 0 saturated carbocycles. The maximum Gasteiger partial charge on any atom is 0.252 e. The van der Waals surface area contributed by atoms with E-state index in [0.29, 0.717) is 35.3 Å². The van der Waals surface area contributed by atoms with Gasteiger partial charge in [-0.25, -0.2) is 9.37 Å². The van der Waals surface area contributed by atoms with Crippen LogP contribution in [0.5, 0.6) is 5.75 Å². The highest BCUT2D eigenvalue weighted by atomic mass is 32.1. The molecule has 0 saturated heterocycles. The van der Waals surface area contributed by atoms with Crippen molar-refractivity contribution in [2.24, 2.45) is 0 Å². The molecule has 4 aromatic rings. The lowest BCUT2D eigenvalue weighted by molar-refractivity contribution is 0.0954. The van der Waals surface area contributed by atoms with Crippen LogP contribution in [0.15, 0.2) is 60.0 Å². The molecule has 6 heteroatoms. The van der Waals surface area contributed by atoms with Crippen molar-refractivity contribution in [3.8, 4) is 16.3 Å². The van der Waals surface area contributed by atoms with Gasteiger partial charge in [0.25, 0.3) is 5.91 Å². The number of thiophene rings is 1. The lowest BCUT2D eigenvalue weighted by Gasteiger charge is -2.30. The van der Waals surface area contributed by atoms with Gasteiger partial charge in [0.1, 0.15) is 11.6 Å². The number of amides is 1. The van der Waals surface area contributed by atoms with Crippen LogP contribution in [0.1, 0.15) is 88.7 Å². The van der Waals surface area contributed by atoms with Crippen molar-refractivity contribution in [2.75, 3.05) is 13.2 Å². The lowest BCUT2D eigenvalue weighted by Crippen LogP contribution is -2.25. The molecule has 2 heterocycles. The fourth-order valence-electron chi connectivity index (χ4n) is 4.64. The van der Waals surface area contributed by atoms with Gasteiger partial charge in [0.15, 0.2) is 0 Å². The Labute approximate surface area is 242 Å². The summed E-state index contributed by atoms with van der Waals surface area (Å²) in [6, 6.07) is 16.7. The van der Waals surface area contributed by atoms with Crippen molar-refractivity contribution < 1.29 is 13.9 Å². The summed E-state index contributed by atoms with van der Waals surface area (Å²) >= 11 is 1.56. The molecule has 0 bridgehead atoms. The van der Waals surface area contributed by atoms with Crippen molar-refractivity contribution in [2.45, 2.75) is 78.1 Å². The van der Waals surface area contributed by atoms with E-state index >= 15 is 0 Å². The summed E-state index contributed by atoms with van der Waals surface area (Å²) in [4.78, 5) is 18.8. The average molecular weight is 561 g/mol. The number of ether oxygens (including phenoxy) is 1. The standard InChI is InChI=1S/C34H41FN2O2S/c1-7-33(3,4)23-13-16-30(27(20-23)34(5,6)8-2)39-18-10-9-17-36-32(38)26-22-29(31-12-11-19-40-31)37-28-15-14-24(35)21-25(26)28/h11-16,19-22H,7-10,17-18H2,1-6H3,(H,36,38). The second-order valence-electron chi connectivity index (χ2n) is 11.7. The van der Waals surface area contributed by atoms with Gasteiger partial charge < -0.3 is 10.1 Å². The highest BCUT2D eigenvalue weighted by molar-refractivity contribution is 7.13. The Bertz CT molecular complexity index is 1460. The monoisotopic (exact) mass is 560 g/mol. The first-order chi connectivity index (χ1) is 19.1. The number of hydrogen-bond acceptors (Lipinski definition) is 4. The predicted octanol–water partition coefficient (Wildman–Crippen LogP) is 9.07. The molecule has 4 nitrogen and oxygen atoms in total. The maximum absolute atomic E-state index is 14.0. The molecule has 0 fully saturated rings. The van der Waals surface area contributed by atoms with Crippen LogP contribution in [0.4, 0.5) is 4.39 Å². The number of unbranched alkanes of at least 4 members (excludes halogenated alkanes) is 1. The Hall–Kier alpha value is -3.25. The van der Waals surface area contributed by atoms with E-state index in [1.165, 1.54) is 23.3 Å². The Morgan fingerprint density at radius 1 is 0.975 bits per heavy atom. The largest absolute Gasteiger partial charge is 0.493 e. The zero-order valence-corrected chi connectivity index (χ0v) is 25.4. The third-order valence-corrected chi connectivity index (χ3v) is 9.05. The molecular weight excluding hydrogens is 519 g/mol. The Balaban J connectivity index is 1.39. The molecule has 2 aromatic heterocycles. The van der Waals surface area contributed by atoms with Crippen LogP contribution in [-0.2, 0) is 10.8 Å². The van der Waals surface area contributed by atoms with E-state index in [-0.39, 0.29) is 22.6 Å². The number of rotatable bonds is 12. The number of benzene rings is 2. The molecule has 212 valence electrons. The molecular formula is C34H41FN2O2S. The van der Waals surface area contributed by atoms with Crippen molar-refractivity contribution >= 4 is 28.1 Å². The van der Waals surface area contributed by atoms with Gasteiger partial charge in [-0.15, -0.1) is 11.3 Å². The van der Waals surface area contributed by atoms with E-state index in [9.17, 15) is 9.18 Å². The Morgan fingerprint density at radius 3 is 2.45 bits per heavy atom. The predicted molar refractivity (Wildman–Crippen MR) is 165 cm³/mol. The first kappa shape index (κ1) is 29.7. The highest BCUT2D eigenvalue weighted by Gasteiger charge is 2.26. The molecule has 0 radical (unpaired) electrons. The minimum atomic E-state index is -0.388. The first-order valence-corrected chi connectivity index (χ1v) is 15.1. The van der Waals surface area contributed by atoms with Crippen molar-refractivity contribution in [1.82, 2.24) is 10.3 Å². The van der Waals surface area contributed by atoms with Crippen LogP contribution < -0.4 is 10.1 Å². The zero-order valence-electron chi connectivity index (χ0n) is 24.6. The third-order valence-electron chi connectivity index (χ3n) is 8.16. The number of carbonyl (C=O) groups excluding carboxylic acids is 1. The van der Waals surface area contributed by atoms with Gasteiger partial charge in [0, 0.05) is 17.5 Å². The summed E-state index contributed by atoms with van der Waals surface area (Å²) in [5, 5.41) is 5.50. The fraction of sp³-hybridized carbons (Fsp3) is 0.412. The van der Waals surface area contributed by atoms with Gasteiger partial charge in [-0.05, 0) is 83.9 Å². The molecule has 0 atom stereocenters. The molecule has 1 amide bonds. The van der Waals surface area contributed by atoms with Crippen LogP contribution in [0.25, 0.3) is 21.5 Å². The van der Waals surface area contributed by atoms with Crippen molar-refractivity contribution in [1.29, 1.82) is 0 Å². The lowest BCUT2D eigenvalue weighted by atomic mass is 9.76. The zero-order chi connectivity index (χ0) is 28.9. The van der Waals surface area contributed by atoms with Crippen LogP contribution in [0.3, 0.4) is 0 Å². The quantitative estimate of drug-likeness (QED) is 0.176. The summed E-state index contributed by atoms with van der Waals surface area (Å²) in [7, 11) is 0. The number of hydrogen-bond donors (Lipinski definition) is 1. The van der Waals surface area contributed by atoms with E-state index in [2.05, 4.69) is 70.0 Å². The molecule has 2 aromatic carbocycles. The van der Waals surface area contributed by atoms with E-state index in [1.54, 1.807) is 23.5 Å². The van der Waals surface area contributed by atoms with Crippen molar-refractivity contribution in [3.05, 3.63) is 82.5 Å². The summed E-state index contributed by atoms with van der Waals surface area (Å²) < 4.78 is 20.3. The van der Waals surface area contributed by atoms with Gasteiger partial charge in [-0.2, -0.15) is 0 Å². The topological polar surface area (TPSA) is 51.2 Å². The second-order valence-corrected chi connectivity index (χ2v) is 12.6. The summed E-state index contributed by atoms with van der Waals surface area (Å²) in [6.07, 6.45) is 3.67. The number of fused-ring (bicyclic) bond motifs is 1. The summed E-state index contributed by atoms with van der Waals surface area (Å²) in [6.45, 7) is 14.6. The number of nitrogens with zero attached hydrogens (tertiary/aromatic N) is 1. The van der Waals surface area contributed by atoms with E-state index in [0.717, 1.165) is 36.3 Å². The van der Waals surface area contributed by atoms with Crippen LogP contribution >= 0.6 is 11.3 Å². The number of halogens is 1.